The molecule has 0 aromatic heterocycles. The molecule has 0 amide bonds. The Morgan fingerprint density at radius 3 is 1.56 bits per heavy atom. The zero-order chi connectivity index (χ0) is 18.1. The molecule has 0 saturated heterocycles. The fraction of sp³-hybridized carbons (Fsp3) is 1.00. The van der Waals surface area contributed by atoms with E-state index in [1.54, 1.807) is 0 Å². The van der Waals surface area contributed by atoms with E-state index in [4.69, 9.17) is 0 Å². The van der Waals surface area contributed by atoms with E-state index in [0.29, 0.717) is 19.3 Å². The second-order valence-electron chi connectivity index (χ2n) is 8.95. The van der Waals surface area contributed by atoms with Gasteiger partial charge >= 0.3 is 0 Å². The molecule has 3 saturated carbocycles. The Morgan fingerprint density at radius 1 is 0.640 bits per heavy atom. The lowest BCUT2D eigenvalue weighted by Gasteiger charge is -2.54. The van der Waals surface area contributed by atoms with Crippen LogP contribution in [0.5, 0.6) is 0 Å². The number of unbranched alkanes of at least 4 members (excludes halogenated alkanes) is 1. The highest BCUT2D eigenvalue weighted by atomic mass is 19.2. The summed E-state index contributed by atoms with van der Waals surface area (Å²) < 4.78 is 59.4. The number of hydrogen-bond acceptors (Lipinski definition) is 0. The molecule has 0 heterocycles. The number of alkyl halides is 4. The van der Waals surface area contributed by atoms with Gasteiger partial charge in [0.05, 0.1) is 0 Å². The lowest BCUT2D eigenvalue weighted by Crippen LogP contribution is -2.57. The third kappa shape index (κ3) is 3.60. The van der Waals surface area contributed by atoms with Crippen LogP contribution in [0, 0.1) is 35.5 Å². The van der Waals surface area contributed by atoms with Crippen molar-refractivity contribution in [3.63, 3.8) is 0 Å². The standard InChI is InChI=1S/C21H34F4/c1-3-5-7-15-11-13-9-8-12-10-14(6-4-2)18(22)20(24)16(12)17(13)21(25)19(15)23/h12-21H,3-11H2,1-2H3. The van der Waals surface area contributed by atoms with E-state index < -0.39 is 36.5 Å². The lowest BCUT2D eigenvalue weighted by atomic mass is 9.53. The topological polar surface area (TPSA) is 0 Å². The molecule has 3 rings (SSSR count). The molecule has 0 spiro atoms. The molecule has 3 aliphatic rings. The first-order chi connectivity index (χ1) is 12.0. The molecule has 0 bridgehead atoms. The molecule has 10 unspecified atom stereocenters. The molecule has 3 aliphatic carbocycles. The van der Waals surface area contributed by atoms with Crippen molar-refractivity contribution in [3.05, 3.63) is 0 Å². The van der Waals surface area contributed by atoms with Crippen LogP contribution in [0.15, 0.2) is 0 Å². The summed E-state index contributed by atoms with van der Waals surface area (Å²) in [6.45, 7) is 4.05. The maximum atomic E-state index is 15.0. The van der Waals surface area contributed by atoms with E-state index in [2.05, 4.69) is 6.92 Å². The summed E-state index contributed by atoms with van der Waals surface area (Å²) in [5, 5.41) is 0. The molecule has 4 heteroatoms. The maximum Gasteiger partial charge on any atom is 0.135 e. The summed E-state index contributed by atoms with van der Waals surface area (Å²) in [6, 6.07) is 0. The molecule has 3 fully saturated rings. The number of hydrogen-bond donors (Lipinski definition) is 0. The molecule has 0 nitrogen and oxygen atoms in total. The Kier molecular flexibility index (Phi) is 6.36. The fourth-order valence-corrected chi connectivity index (χ4v) is 6.31. The minimum Gasteiger partial charge on any atom is -0.244 e. The maximum absolute atomic E-state index is 15.0. The molecular weight excluding hydrogens is 328 g/mol. The van der Waals surface area contributed by atoms with Crippen LogP contribution in [-0.2, 0) is 0 Å². The molecule has 0 aliphatic heterocycles. The van der Waals surface area contributed by atoms with E-state index in [1.165, 1.54) is 0 Å². The van der Waals surface area contributed by atoms with Gasteiger partial charge in [-0.3, -0.25) is 0 Å². The predicted molar refractivity (Wildman–Crippen MR) is 93.4 cm³/mol. The van der Waals surface area contributed by atoms with Crippen LogP contribution in [0.25, 0.3) is 0 Å². The van der Waals surface area contributed by atoms with Crippen molar-refractivity contribution >= 4 is 0 Å². The summed E-state index contributed by atoms with van der Waals surface area (Å²) in [5.74, 6) is -1.61. The first kappa shape index (κ1) is 19.5. The smallest absolute Gasteiger partial charge is 0.135 e. The van der Waals surface area contributed by atoms with Crippen molar-refractivity contribution in [2.75, 3.05) is 0 Å². The monoisotopic (exact) mass is 362 g/mol. The summed E-state index contributed by atoms with van der Waals surface area (Å²) in [7, 11) is 0. The molecule has 25 heavy (non-hydrogen) atoms. The van der Waals surface area contributed by atoms with E-state index in [-0.39, 0.29) is 23.7 Å². The number of rotatable bonds is 5. The van der Waals surface area contributed by atoms with E-state index in [1.807, 2.05) is 6.92 Å². The quantitative estimate of drug-likeness (QED) is 0.482. The molecule has 146 valence electrons. The van der Waals surface area contributed by atoms with Gasteiger partial charge in [-0.05, 0) is 62.2 Å². The summed E-state index contributed by atoms with van der Waals surface area (Å²) >= 11 is 0. The van der Waals surface area contributed by atoms with Crippen LogP contribution in [0.4, 0.5) is 17.6 Å². The van der Waals surface area contributed by atoms with Gasteiger partial charge in [0.1, 0.15) is 24.7 Å². The molecule has 0 aromatic rings. The van der Waals surface area contributed by atoms with Crippen molar-refractivity contribution in [1.29, 1.82) is 0 Å². The van der Waals surface area contributed by atoms with Crippen molar-refractivity contribution in [1.82, 2.24) is 0 Å². The largest absolute Gasteiger partial charge is 0.244 e. The van der Waals surface area contributed by atoms with Crippen LogP contribution in [0.2, 0.25) is 0 Å². The molecular formula is C21H34F4. The first-order valence-electron chi connectivity index (χ1n) is 10.6. The zero-order valence-corrected chi connectivity index (χ0v) is 15.6. The SMILES string of the molecule is CCCCC1CC2CCC3CC(CCC)C(F)C(F)C3C2C(F)C1F. The van der Waals surface area contributed by atoms with Gasteiger partial charge < -0.3 is 0 Å². The lowest BCUT2D eigenvalue weighted by molar-refractivity contribution is -0.133. The third-order valence-corrected chi connectivity index (χ3v) is 7.48. The van der Waals surface area contributed by atoms with Gasteiger partial charge in [-0.25, -0.2) is 17.6 Å². The van der Waals surface area contributed by atoms with Crippen molar-refractivity contribution in [2.24, 2.45) is 35.5 Å². The van der Waals surface area contributed by atoms with Gasteiger partial charge in [0.25, 0.3) is 0 Å². The van der Waals surface area contributed by atoms with Crippen molar-refractivity contribution in [2.45, 2.75) is 96.3 Å². The van der Waals surface area contributed by atoms with Gasteiger partial charge in [0.15, 0.2) is 0 Å². The van der Waals surface area contributed by atoms with Gasteiger partial charge in [0, 0.05) is 11.8 Å². The predicted octanol–water partition coefficient (Wildman–Crippen LogP) is 6.63. The van der Waals surface area contributed by atoms with Crippen molar-refractivity contribution in [3.8, 4) is 0 Å². The highest BCUT2D eigenvalue weighted by Gasteiger charge is 2.57. The van der Waals surface area contributed by atoms with Gasteiger partial charge in [-0.2, -0.15) is 0 Å². The average Bonchev–Trinajstić information content (AvgIpc) is 2.61. The fourth-order valence-electron chi connectivity index (χ4n) is 6.31. The van der Waals surface area contributed by atoms with Gasteiger partial charge in [-0.1, -0.05) is 33.1 Å². The number of fused-ring (bicyclic) bond motifs is 3. The Hall–Kier alpha value is -0.280. The minimum atomic E-state index is -1.61. The normalized spacial score (nSPS) is 50.2. The first-order valence-corrected chi connectivity index (χ1v) is 10.6. The van der Waals surface area contributed by atoms with E-state index in [9.17, 15) is 13.2 Å². The van der Waals surface area contributed by atoms with Crippen LogP contribution < -0.4 is 0 Å². The highest BCUT2D eigenvalue weighted by Crippen LogP contribution is 2.56. The van der Waals surface area contributed by atoms with Crippen LogP contribution >= 0.6 is 0 Å². The minimum absolute atomic E-state index is 0.0393. The number of halogens is 4. The highest BCUT2D eigenvalue weighted by molar-refractivity contribution is 5.05. The zero-order valence-electron chi connectivity index (χ0n) is 15.6. The Morgan fingerprint density at radius 2 is 1.12 bits per heavy atom. The van der Waals surface area contributed by atoms with Crippen LogP contribution in [0.3, 0.4) is 0 Å². The molecule has 0 aromatic carbocycles. The van der Waals surface area contributed by atoms with Gasteiger partial charge in [-0.15, -0.1) is 0 Å². The molecule has 0 N–H and O–H groups in total. The second kappa shape index (κ2) is 8.17. The Bertz CT molecular complexity index is 424. The molecule has 0 radical (unpaired) electrons. The summed E-state index contributed by atoms with van der Waals surface area (Å²) in [6.07, 6.45) is 0.999. The van der Waals surface area contributed by atoms with Crippen molar-refractivity contribution < 1.29 is 17.6 Å². The molecule has 10 atom stereocenters. The van der Waals surface area contributed by atoms with E-state index >= 15 is 4.39 Å². The summed E-state index contributed by atoms with van der Waals surface area (Å²) in [4.78, 5) is 0. The van der Waals surface area contributed by atoms with Crippen LogP contribution in [0.1, 0.15) is 71.6 Å². The Labute approximate surface area is 150 Å². The van der Waals surface area contributed by atoms with Gasteiger partial charge in [0.2, 0.25) is 0 Å². The average molecular weight is 362 g/mol. The third-order valence-electron chi connectivity index (χ3n) is 7.48. The Balaban J connectivity index is 1.76. The van der Waals surface area contributed by atoms with E-state index in [0.717, 1.165) is 38.5 Å². The second-order valence-corrected chi connectivity index (χ2v) is 8.95. The van der Waals surface area contributed by atoms with Crippen LogP contribution in [-0.4, -0.2) is 24.7 Å². The summed E-state index contributed by atoms with van der Waals surface area (Å²) in [5.41, 5.74) is 0.